The zero-order valence-corrected chi connectivity index (χ0v) is 18.9. The average Bonchev–Trinajstić information content (AvgIpc) is 3.56. The molecule has 0 radical (unpaired) electrons. The van der Waals surface area contributed by atoms with E-state index in [-0.39, 0.29) is 11.9 Å². The van der Waals surface area contributed by atoms with Gasteiger partial charge in [0.25, 0.3) is 0 Å². The maximum absolute atomic E-state index is 13.2. The van der Waals surface area contributed by atoms with Gasteiger partial charge in [-0.05, 0) is 44.2 Å². The molecule has 2 aliphatic heterocycles. The van der Waals surface area contributed by atoms with Gasteiger partial charge in [-0.3, -0.25) is 9.48 Å². The highest BCUT2D eigenvalue weighted by Crippen LogP contribution is 2.37. The van der Waals surface area contributed by atoms with Crippen LogP contribution in [0.25, 0.3) is 11.3 Å². The van der Waals surface area contributed by atoms with Crippen LogP contribution in [0.4, 0.5) is 5.95 Å². The van der Waals surface area contributed by atoms with E-state index < -0.39 is 0 Å². The van der Waals surface area contributed by atoms with Crippen LogP contribution < -0.4 is 4.90 Å². The molecule has 2 aromatic heterocycles. The summed E-state index contributed by atoms with van der Waals surface area (Å²) in [5.74, 6) is 0.946. The standard InChI is InChI=1S/C25H30N6O/c1-18-7-9-19(10-8-18)16-23(32)31-15-5-6-22(31)24-20(17-29(2)28-24)21-11-12-26-25(27-21)30-13-3-4-14-30/h7-12,17,22H,3-6,13-16H2,1-2H3. The minimum absolute atomic E-state index is 0.0191. The second kappa shape index (κ2) is 8.73. The number of hydrogen-bond acceptors (Lipinski definition) is 5. The van der Waals surface area contributed by atoms with Crippen LogP contribution in [0.3, 0.4) is 0 Å². The molecule has 32 heavy (non-hydrogen) atoms. The van der Waals surface area contributed by atoms with Gasteiger partial charge in [-0.15, -0.1) is 0 Å². The molecule has 3 aromatic rings. The van der Waals surface area contributed by atoms with Crippen LogP contribution in [-0.2, 0) is 18.3 Å². The lowest BCUT2D eigenvalue weighted by atomic mass is 10.0. The number of likely N-dealkylation sites (tertiary alicyclic amines) is 1. The zero-order chi connectivity index (χ0) is 22.1. The Bertz CT molecular complexity index is 1100. The number of aromatic nitrogens is 4. The van der Waals surface area contributed by atoms with Crippen molar-refractivity contribution in [1.82, 2.24) is 24.6 Å². The van der Waals surface area contributed by atoms with E-state index in [1.54, 1.807) is 0 Å². The molecule has 0 aliphatic carbocycles. The van der Waals surface area contributed by atoms with E-state index in [0.717, 1.165) is 60.9 Å². The van der Waals surface area contributed by atoms with Crippen molar-refractivity contribution in [2.24, 2.45) is 7.05 Å². The predicted octanol–water partition coefficient (Wildman–Crippen LogP) is 3.69. The lowest BCUT2D eigenvalue weighted by Crippen LogP contribution is -2.32. The van der Waals surface area contributed by atoms with E-state index in [2.05, 4.69) is 28.9 Å². The van der Waals surface area contributed by atoms with Crippen LogP contribution in [-0.4, -0.2) is 50.2 Å². The number of amides is 1. The monoisotopic (exact) mass is 430 g/mol. The number of aryl methyl sites for hydroxylation is 2. The van der Waals surface area contributed by atoms with Gasteiger partial charge in [-0.1, -0.05) is 29.8 Å². The van der Waals surface area contributed by atoms with Gasteiger partial charge in [0.1, 0.15) is 0 Å². The average molecular weight is 431 g/mol. The summed E-state index contributed by atoms with van der Waals surface area (Å²) < 4.78 is 1.84. The Morgan fingerprint density at radius 1 is 1.06 bits per heavy atom. The first-order valence-corrected chi connectivity index (χ1v) is 11.6. The molecule has 2 fully saturated rings. The first-order chi connectivity index (χ1) is 15.6. The second-order valence-corrected chi connectivity index (χ2v) is 8.95. The molecule has 2 saturated heterocycles. The van der Waals surface area contributed by atoms with Crippen LogP contribution in [0.2, 0.25) is 0 Å². The van der Waals surface area contributed by atoms with Crippen molar-refractivity contribution in [2.75, 3.05) is 24.5 Å². The Labute approximate surface area is 189 Å². The zero-order valence-electron chi connectivity index (χ0n) is 18.9. The Morgan fingerprint density at radius 2 is 1.84 bits per heavy atom. The Balaban J connectivity index is 1.42. The van der Waals surface area contributed by atoms with Crippen molar-refractivity contribution in [1.29, 1.82) is 0 Å². The molecule has 1 aromatic carbocycles. The van der Waals surface area contributed by atoms with Crippen molar-refractivity contribution < 1.29 is 4.79 Å². The van der Waals surface area contributed by atoms with Crippen molar-refractivity contribution >= 4 is 11.9 Å². The summed E-state index contributed by atoms with van der Waals surface area (Å²) in [6.45, 7) is 4.85. The molecule has 1 unspecified atom stereocenters. The van der Waals surface area contributed by atoms with E-state index in [4.69, 9.17) is 10.1 Å². The summed E-state index contributed by atoms with van der Waals surface area (Å²) in [6, 6.07) is 10.2. The van der Waals surface area contributed by atoms with Crippen LogP contribution in [0, 0.1) is 6.92 Å². The normalized spacial score (nSPS) is 18.5. The van der Waals surface area contributed by atoms with Gasteiger partial charge in [0.15, 0.2) is 0 Å². The molecule has 0 saturated carbocycles. The number of carbonyl (C=O) groups excluding carboxylic acids is 1. The molecule has 7 heteroatoms. The fourth-order valence-electron chi connectivity index (χ4n) is 4.85. The van der Waals surface area contributed by atoms with Crippen LogP contribution in [0.15, 0.2) is 42.7 Å². The highest BCUT2D eigenvalue weighted by molar-refractivity contribution is 5.80. The van der Waals surface area contributed by atoms with Gasteiger partial charge in [0.05, 0.1) is 23.9 Å². The second-order valence-electron chi connectivity index (χ2n) is 8.95. The Hall–Kier alpha value is -3.22. The summed E-state index contributed by atoms with van der Waals surface area (Å²) >= 11 is 0. The Morgan fingerprint density at radius 3 is 2.62 bits per heavy atom. The fraction of sp³-hybridized carbons (Fsp3) is 0.440. The lowest BCUT2D eigenvalue weighted by molar-refractivity contribution is -0.131. The third-order valence-corrected chi connectivity index (χ3v) is 6.53. The van der Waals surface area contributed by atoms with Gasteiger partial charge in [0.2, 0.25) is 11.9 Å². The maximum Gasteiger partial charge on any atom is 0.227 e. The van der Waals surface area contributed by atoms with Gasteiger partial charge < -0.3 is 9.80 Å². The number of benzene rings is 1. The number of hydrogen-bond donors (Lipinski definition) is 0. The minimum atomic E-state index is -0.0191. The van der Waals surface area contributed by atoms with Crippen molar-refractivity contribution in [3.63, 3.8) is 0 Å². The van der Waals surface area contributed by atoms with E-state index in [1.165, 1.54) is 18.4 Å². The largest absolute Gasteiger partial charge is 0.341 e. The number of anilines is 1. The van der Waals surface area contributed by atoms with E-state index in [1.807, 2.05) is 47.2 Å². The number of rotatable bonds is 5. The van der Waals surface area contributed by atoms with Crippen LogP contribution in [0.5, 0.6) is 0 Å². The topological polar surface area (TPSA) is 67.2 Å². The third-order valence-electron chi connectivity index (χ3n) is 6.53. The predicted molar refractivity (Wildman–Crippen MR) is 124 cm³/mol. The van der Waals surface area contributed by atoms with E-state index >= 15 is 0 Å². The van der Waals surface area contributed by atoms with Gasteiger partial charge in [0, 0.05) is 44.6 Å². The summed E-state index contributed by atoms with van der Waals surface area (Å²) in [5.41, 5.74) is 5.07. The molecule has 7 nitrogen and oxygen atoms in total. The molecular formula is C25H30N6O. The minimum Gasteiger partial charge on any atom is -0.341 e. The molecule has 1 amide bonds. The summed E-state index contributed by atoms with van der Waals surface area (Å²) in [7, 11) is 1.93. The maximum atomic E-state index is 13.2. The van der Waals surface area contributed by atoms with Crippen LogP contribution >= 0.6 is 0 Å². The summed E-state index contributed by atoms with van der Waals surface area (Å²) in [6.07, 6.45) is 8.56. The first kappa shape index (κ1) is 20.7. The molecular weight excluding hydrogens is 400 g/mol. The van der Waals surface area contributed by atoms with Gasteiger partial charge in [-0.2, -0.15) is 5.10 Å². The van der Waals surface area contributed by atoms with E-state index in [9.17, 15) is 4.79 Å². The quantitative estimate of drug-likeness (QED) is 0.618. The molecule has 4 heterocycles. The summed E-state index contributed by atoms with van der Waals surface area (Å²) in [4.78, 5) is 26.9. The van der Waals surface area contributed by atoms with Crippen molar-refractivity contribution in [2.45, 2.75) is 45.1 Å². The van der Waals surface area contributed by atoms with Gasteiger partial charge in [-0.25, -0.2) is 9.97 Å². The highest BCUT2D eigenvalue weighted by atomic mass is 16.2. The molecule has 0 spiro atoms. The van der Waals surface area contributed by atoms with Gasteiger partial charge >= 0.3 is 0 Å². The molecule has 166 valence electrons. The molecule has 2 aliphatic rings. The first-order valence-electron chi connectivity index (χ1n) is 11.6. The van der Waals surface area contributed by atoms with E-state index in [0.29, 0.717) is 6.42 Å². The van der Waals surface area contributed by atoms with Crippen molar-refractivity contribution in [3.05, 3.63) is 59.5 Å². The van der Waals surface area contributed by atoms with Crippen molar-refractivity contribution in [3.8, 4) is 11.3 Å². The highest BCUT2D eigenvalue weighted by Gasteiger charge is 2.34. The fourth-order valence-corrected chi connectivity index (χ4v) is 4.85. The lowest BCUT2D eigenvalue weighted by Gasteiger charge is -2.24. The molecule has 1 atom stereocenters. The number of nitrogens with zero attached hydrogens (tertiary/aromatic N) is 6. The number of carbonyl (C=O) groups is 1. The smallest absolute Gasteiger partial charge is 0.227 e. The third kappa shape index (κ3) is 4.11. The SMILES string of the molecule is Cc1ccc(CC(=O)N2CCCC2c2nn(C)cc2-c2ccnc(N3CCCC3)n2)cc1. The molecule has 0 N–H and O–H groups in total. The molecule has 0 bridgehead atoms. The molecule has 5 rings (SSSR count). The summed E-state index contributed by atoms with van der Waals surface area (Å²) in [5, 5.41) is 4.80. The van der Waals surface area contributed by atoms with Crippen LogP contribution in [0.1, 0.15) is 48.5 Å². The Kier molecular flexibility index (Phi) is 5.64.